The van der Waals surface area contributed by atoms with Crippen molar-refractivity contribution >= 4 is 33.7 Å². The molecule has 1 aromatic carbocycles. The normalized spacial score (nSPS) is 13.8. The summed E-state index contributed by atoms with van der Waals surface area (Å²) in [6.07, 6.45) is 9.89. The molecule has 5 heterocycles. The number of benzene rings is 1. The first kappa shape index (κ1) is 24.0. The SMILES string of the molecule is O=C(Nc1cncc(-c2ncc3[nH]nc(-c4nc5nccc(-c6ccccc6F)c5[nH]4)c3c2F)c1)C1CCCC1. The maximum atomic E-state index is 16.1. The van der Waals surface area contributed by atoms with Gasteiger partial charge in [0, 0.05) is 35.0 Å². The first-order chi connectivity index (χ1) is 19.6. The molecule has 1 fully saturated rings. The third-order valence-corrected chi connectivity index (χ3v) is 7.33. The van der Waals surface area contributed by atoms with Gasteiger partial charge in [-0.15, -0.1) is 0 Å². The Labute approximate surface area is 226 Å². The van der Waals surface area contributed by atoms with Crippen LogP contribution < -0.4 is 5.32 Å². The van der Waals surface area contributed by atoms with Crippen LogP contribution in [0.3, 0.4) is 0 Å². The maximum Gasteiger partial charge on any atom is 0.227 e. The van der Waals surface area contributed by atoms with Gasteiger partial charge >= 0.3 is 0 Å². The minimum atomic E-state index is -0.620. The molecule has 3 N–H and O–H groups in total. The van der Waals surface area contributed by atoms with E-state index in [-0.39, 0.29) is 40.2 Å². The molecule has 0 unspecified atom stereocenters. The lowest BCUT2D eigenvalue weighted by Gasteiger charge is -2.11. The Balaban J connectivity index is 1.29. The van der Waals surface area contributed by atoms with Crippen LogP contribution in [-0.4, -0.2) is 41.0 Å². The fourth-order valence-electron chi connectivity index (χ4n) is 5.35. The topological polar surface area (TPSA) is 125 Å². The first-order valence-electron chi connectivity index (χ1n) is 13.0. The molecular formula is C29H22F2N8O. The van der Waals surface area contributed by atoms with Crippen molar-refractivity contribution in [3.05, 3.63) is 72.8 Å². The van der Waals surface area contributed by atoms with Gasteiger partial charge in [-0.25, -0.2) is 18.7 Å². The summed E-state index contributed by atoms with van der Waals surface area (Å²) in [6, 6.07) is 9.77. The Morgan fingerprint density at radius 2 is 1.82 bits per heavy atom. The smallest absolute Gasteiger partial charge is 0.227 e. The zero-order chi connectivity index (χ0) is 27.2. The lowest BCUT2D eigenvalue weighted by molar-refractivity contribution is -0.119. The highest BCUT2D eigenvalue weighted by Crippen LogP contribution is 2.35. The largest absolute Gasteiger partial charge is 0.335 e. The van der Waals surface area contributed by atoms with Crippen molar-refractivity contribution in [3.63, 3.8) is 0 Å². The Morgan fingerprint density at radius 3 is 2.67 bits per heavy atom. The van der Waals surface area contributed by atoms with E-state index >= 15 is 4.39 Å². The van der Waals surface area contributed by atoms with Crippen molar-refractivity contribution in [1.82, 2.24) is 35.1 Å². The first-order valence-corrected chi connectivity index (χ1v) is 13.0. The number of hydrogen-bond donors (Lipinski definition) is 3. The Bertz CT molecular complexity index is 1910. The van der Waals surface area contributed by atoms with Gasteiger partial charge in [-0.3, -0.25) is 19.9 Å². The lowest BCUT2D eigenvalue weighted by atomic mass is 10.1. The van der Waals surface area contributed by atoms with Gasteiger partial charge in [0.1, 0.15) is 17.2 Å². The summed E-state index contributed by atoms with van der Waals surface area (Å²) in [6.45, 7) is 0. The average Bonchev–Trinajstić information content (AvgIpc) is 3.73. The predicted molar refractivity (Wildman–Crippen MR) is 146 cm³/mol. The predicted octanol–water partition coefficient (Wildman–Crippen LogP) is 6.03. The molecule has 40 heavy (non-hydrogen) atoms. The standard InChI is InChI=1S/C29H22F2N8O/c30-20-8-4-3-7-18(20)19-9-10-33-27-25(19)36-28(37-27)26-22-21(38-39-26)14-34-24(23(22)31)16-11-17(13-32-12-16)35-29(40)15-5-1-2-6-15/h3-4,7-15H,1-2,5-6H2,(H,35,40)(H,38,39)(H,33,36,37). The van der Waals surface area contributed by atoms with Crippen molar-refractivity contribution in [2.45, 2.75) is 25.7 Å². The molecule has 0 spiro atoms. The van der Waals surface area contributed by atoms with Crippen molar-refractivity contribution in [2.24, 2.45) is 5.92 Å². The maximum absolute atomic E-state index is 16.1. The minimum absolute atomic E-state index is 0.0134. The fourth-order valence-corrected chi connectivity index (χ4v) is 5.35. The number of carbonyl (C=O) groups is 1. The summed E-state index contributed by atoms with van der Waals surface area (Å²) in [7, 11) is 0. The van der Waals surface area contributed by atoms with Crippen LogP contribution in [0.25, 0.3) is 56.0 Å². The number of nitrogens with zero attached hydrogens (tertiary/aromatic N) is 5. The van der Waals surface area contributed by atoms with E-state index in [1.807, 2.05) is 0 Å². The summed E-state index contributed by atoms with van der Waals surface area (Å²) >= 11 is 0. The van der Waals surface area contributed by atoms with Crippen LogP contribution in [0.2, 0.25) is 0 Å². The fraction of sp³-hybridized carbons (Fsp3) is 0.172. The molecule has 1 aliphatic rings. The molecule has 198 valence electrons. The van der Waals surface area contributed by atoms with Crippen LogP contribution in [-0.2, 0) is 4.79 Å². The van der Waals surface area contributed by atoms with Gasteiger partial charge in [-0.2, -0.15) is 5.10 Å². The minimum Gasteiger partial charge on any atom is -0.335 e. The summed E-state index contributed by atoms with van der Waals surface area (Å²) in [4.78, 5) is 33.1. The van der Waals surface area contributed by atoms with E-state index in [2.05, 4.69) is 40.4 Å². The molecule has 1 aliphatic carbocycles. The number of pyridine rings is 3. The molecule has 5 aromatic heterocycles. The number of hydrogen-bond acceptors (Lipinski definition) is 6. The van der Waals surface area contributed by atoms with Crippen LogP contribution in [0, 0.1) is 17.6 Å². The van der Waals surface area contributed by atoms with Gasteiger partial charge in [0.15, 0.2) is 17.3 Å². The number of aromatic nitrogens is 7. The monoisotopic (exact) mass is 536 g/mol. The molecule has 0 atom stereocenters. The molecule has 7 rings (SSSR count). The lowest BCUT2D eigenvalue weighted by Crippen LogP contribution is -2.20. The van der Waals surface area contributed by atoms with E-state index in [0.29, 0.717) is 39.1 Å². The van der Waals surface area contributed by atoms with E-state index in [0.717, 1.165) is 25.7 Å². The van der Waals surface area contributed by atoms with Crippen LogP contribution in [0.1, 0.15) is 25.7 Å². The number of H-pyrrole nitrogens is 2. The average molecular weight is 537 g/mol. The Morgan fingerprint density at radius 1 is 0.975 bits per heavy atom. The van der Waals surface area contributed by atoms with Crippen molar-refractivity contribution in [2.75, 3.05) is 5.32 Å². The van der Waals surface area contributed by atoms with E-state index in [4.69, 9.17) is 0 Å². The summed E-state index contributed by atoms with van der Waals surface area (Å²) < 4.78 is 30.7. The number of halogens is 2. The summed E-state index contributed by atoms with van der Waals surface area (Å²) in [5, 5.41) is 10.2. The summed E-state index contributed by atoms with van der Waals surface area (Å²) in [5.41, 5.74) is 3.36. The van der Waals surface area contributed by atoms with E-state index in [1.165, 1.54) is 24.7 Å². The quantitative estimate of drug-likeness (QED) is 0.247. The van der Waals surface area contributed by atoms with Crippen LogP contribution >= 0.6 is 0 Å². The molecule has 1 saturated carbocycles. The second-order valence-electron chi connectivity index (χ2n) is 9.84. The number of amides is 1. The number of carbonyl (C=O) groups excluding carboxylic acids is 1. The van der Waals surface area contributed by atoms with E-state index < -0.39 is 5.82 Å². The molecule has 0 saturated heterocycles. The second-order valence-corrected chi connectivity index (χ2v) is 9.84. The van der Waals surface area contributed by atoms with Crippen molar-refractivity contribution < 1.29 is 13.6 Å². The van der Waals surface area contributed by atoms with E-state index in [9.17, 15) is 9.18 Å². The molecule has 11 heteroatoms. The zero-order valence-corrected chi connectivity index (χ0v) is 21.1. The van der Waals surface area contributed by atoms with Crippen LogP contribution in [0.4, 0.5) is 14.5 Å². The van der Waals surface area contributed by atoms with Gasteiger partial charge in [0.05, 0.1) is 34.5 Å². The van der Waals surface area contributed by atoms with Crippen molar-refractivity contribution in [1.29, 1.82) is 0 Å². The number of rotatable bonds is 5. The van der Waals surface area contributed by atoms with Gasteiger partial charge in [0.25, 0.3) is 0 Å². The third-order valence-electron chi connectivity index (χ3n) is 7.33. The molecule has 0 radical (unpaired) electrons. The molecular weight excluding hydrogens is 514 g/mol. The van der Waals surface area contributed by atoms with Gasteiger partial charge in [-0.1, -0.05) is 31.0 Å². The summed E-state index contributed by atoms with van der Waals surface area (Å²) in [5.74, 6) is -0.797. The van der Waals surface area contributed by atoms with Crippen LogP contribution in [0.15, 0.2) is 61.2 Å². The molecule has 0 bridgehead atoms. The third kappa shape index (κ3) is 4.06. The Kier molecular flexibility index (Phi) is 5.76. The number of aromatic amines is 2. The molecule has 6 aromatic rings. The number of fused-ring (bicyclic) bond motifs is 2. The van der Waals surface area contributed by atoms with Gasteiger partial charge in [0.2, 0.25) is 5.91 Å². The van der Waals surface area contributed by atoms with Gasteiger partial charge < -0.3 is 10.3 Å². The number of nitrogens with one attached hydrogen (secondary N) is 3. The van der Waals surface area contributed by atoms with Crippen molar-refractivity contribution in [3.8, 4) is 33.9 Å². The highest BCUT2D eigenvalue weighted by molar-refractivity contribution is 5.97. The van der Waals surface area contributed by atoms with Gasteiger partial charge in [-0.05, 0) is 31.0 Å². The van der Waals surface area contributed by atoms with E-state index in [1.54, 1.807) is 36.5 Å². The second kappa shape index (κ2) is 9.60. The Hall–Kier alpha value is -5.06. The number of anilines is 1. The highest BCUT2D eigenvalue weighted by Gasteiger charge is 2.24. The number of imidazole rings is 1. The molecule has 0 aliphatic heterocycles. The highest BCUT2D eigenvalue weighted by atomic mass is 19.1. The zero-order valence-electron chi connectivity index (χ0n) is 21.1. The molecule has 9 nitrogen and oxygen atoms in total. The molecule has 1 amide bonds. The van der Waals surface area contributed by atoms with Crippen LogP contribution in [0.5, 0.6) is 0 Å².